The number of rotatable bonds is 7. The molecule has 1 heterocycles. The molecule has 0 unspecified atom stereocenters. The summed E-state index contributed by atoms with van der Waals surface area (Å²) >= 11 is 7.11. The summed E-state index contributed by atoms with van der Waals surface area (Å²) in [5, 5.41) is 0. The molecule has 0 aliphatic carbocycles. The largest absolute Gasteiger partial charge is 0.355 e. The average molecular weight is 246 g/mol. The Morgan fingerprint density at radius 3 is 2.40 bits per heavy atom. The predicted molar refractivity (Wildman–Crippen MR) is 73.7 cm³/mol. The van der Waals surface area contributed by atoms with Crippen LogP contribution in [0, 0.1) is 0 Å². The minimum atomic E-state index is 1.10. The first-order chi connectivity index (χ1) is 7.27. The van der Waals surface area contributed by atoms with Gasteiger partial charge >= 0.3 is 0 Å². The molecule has 0 aromatic rings. The third-order valence-corrected chi connectivity index (χ3v) is 4.11. The maximum Gasteiger partial charge on any atom is 0.136 e. The van der Waals surface area contributed by atoms with Crippen LogP contribution in [0.25, 0.3) is 0 Å². The molecule has 0 radical (unpaired) electrons. The Kier molecular flexibility index (Phi) is 6.61. The number of nitrogens with zero attached hydrogens (tertiary/aromatic N) is 2. The molecular weight excluding hydrogens is 224 g/mol. The first kappa shape index (κ1) is 13.3. The topological polar surface area (TPSA) is 6.48 Å². The molecule has 1 rings (SSSR count). The highest BCUT2D eigenvalue weighted by atomic mass is 32.2. The molecule has 0 aromatic carbocycles. The molecule has 0 aromatic heterocycles. The van der Waals surface area contributed by atoms with E-state index in [4.69, 9.17) is 12.2 Å². The second-order valence-corrected chi connectivity index (χ2v) is 5.67. The second-order valence-electron chi connectivity index (χ2n) is 3.94. The molecule has 0 saturated carbocycles. The van der Waals surface area contributed by atoms with E-state index in [2.05, 4.69) is 23.6 Å². The summed E-state index contributed by atoms with van der Waals surface area (Å²) in [5.41, 5.74) is 0. The van der Waals surface area contributed by atoms with Gasteiger partial charge in [0.1, 0.15) is 4.32 Å². The molecule has 1 aliphatic rings. The van der Waals surface area contributed by atoms with Crippen molar-refractivity contribution in [2.24, 2.45) is 0 Å². The lowest BCUT2D eigenvalue weighted by Gasteiger charge is -2.24. The zero-order valence-electron chi connectivity index (χ0n) is 9.87. The van der Waals surface area contributed by atoms with Gasteiger partial charge in [0.05, 0.1) is 0 Å². The molecule has 2 nitrogen and oxygen atoms in total. The van der Waals surface area contributed by atoms with E-state index < -0.39 is 0 Å². The normalized spacial score (nSPS) is 16.7. The summed E-state index contributed by atoms with van der Waals surface area (Å²) in [4.78, 5) is 4.89. The van der Waals surface area contributed by atoms with Gasteiger partial charge < -0.3 is 9.80 Å². The lowest BCUT2D eigenvalue weighted by atomic mass is 10.3. The lowest BCUT2D eigenvalue weighted by molar-refractivity contribution is 0.252. The van der Waals surface area contributed by atoms with Gasteiger partial charge in [-0.2, -0.15) is 0 Å². The first-order valence-corrected chi connectivity index (χ1v) is 7.31. The molecule has 0 amide bonds. The fourth-order valence-electron chi connectivity index (χ4n) is 1.86. The van der Waals surface area contributed by atoms with Crippen molar-refractivity contribution in [3.8, 4) is 0 Å². The minimum absolute atomic E-state index is 1.10. The van der Waals surface area contributed by atoms with E-state index in [1.54, 1.807) is 0 Å². The van der Waals surface area contributed by atoms with Crippen molar-refractivity contribution in [1.29, 1.82) is 0 Å². The quantitative estimate of drug-likeness (QED) is 0.636. The molecule has 1 fully saturated rings. The van der Waals surface area contributed by atoms with Gasteiger partial charge in [-0.05, 0) is 25.9 Å². The number of hydrogen-bond donors (Lipinski definition) is 0. The van der Waals surface area contributed by atoms with Gasteiger partial charge in [-0.1, -0.05) is 37.8 Å². The highest BCUT2D eigenvalue weighted by Crippen LogP contribution is 2.17. The average Bonchev–Trinajstić information content (AvgIpc) is 2.61. The Morgan fingerprint density at radius 2 is 1.93 bits per heavy atom. The van der Waals surface area contributed by atoms with Crippen LogP contribution in [0.5, 0.6) is 0 Å². The van der Waals surface area contributed by atoms with Crippen molar-refractivity contribution in [2.45, 2.75) is 26.7 Å². The number of thioether (sulfide) groups is 1. The van der Waals surface area contributed by atoms with E-state index in [9.17, 15) is 0 Å². The fraction of sp³-hybridized carbons (Fsp3) is 0.909. The highest BCUT2D eigenvalue weighted by molar-refractivity contribution is 8.23. The van der Waals surface area contributed by atoms with Crippen LogP contribution in [-0.2, 0) is 0 Å². The Bertz CT molecular complexity index is 191. The van der Waals surface area contributed by atoms with Gasteiger partial charge in [-0.3, -0.25) is 0 Å². The number of thiocarbonyl (C=S) groups is 1. The maximum atomic E-state index is 5.29. The van der Waals surface area contributed by atoms with Crippen LogP contribution < -0.4 is 0 Å². The highest BCUT2D eigenvalue weighted by Gasteiger charge is 2.17. The van der Waals surface area contributed by atoms with E-state index in [-0.39, 0.29) is 0 Å². The van der Waals surface area contributed by atoms with Crippen LogP contribution in [0.15, 0.2) is 0 Å². The Labute approximate surface area is 103 Å². The lowest BCUT2D eigenvalue weighted by Crippen LogP contribution is -2.36. The zero-order valence-corrected chi connectivity index (χ0v) is 11.5. The molecule has 1 aliphatic heterocycles. The van der Waals surface area contributed by atoms with Crippen molar-refractivity contribution in [3.05, 3.63) is 0 Å². The summed E-state index contributed by atoms with van der Waals surface area (Å²) < 4.78 is 1.10. The first-order valence-electron chi connectivity index (χ1n) is 5.92. The van der Waals surface area contributed by atoms with Gasteiger partial charge in [-0.25, -0.2) is 0 Å². The Morgan fingerprint density at radius 1 is 1.27 bits per heavy atom. The van der Waals surface area contributed by atoms with E-state index in [0.29, 0.717) is 0 Å². The maximum absolute atomic E-state index is 5.29. The summed E-state index contributed by atoms with van der Waals surface area (Å²) in [5.74, 6) is 1.18. The summed E-state index contributed by atoms with van der Waals surface area (Å²) in [6, 6.07) is 0. The van der Waals surface area contributed by atoms with E-state index in [1.807, 2.05) is 11.8 Å². The van der Waals surface area contributed by atoms with Crippen molar-refractivity contribution in [1.82, 2.24) is 9.80 Å². The molecule has 0 spiro atoms. The van der Waals surface area contributed by atoms with Crippen molar-refractivity contribution in [3.63, 3.8) is 0 Å². The Hall–Kier alpha value is 0.200. The minimum Gasteiger partial charge on any atom is -0.355 e. The zero-order chi connectivity index (χ0) is 11.1. The van der Waals surface area contributed by atoms with Crippen LogP contribution in [-0.4, -0.2) is 52.6 Å². The molecule has 0 N–H and O–H groups in total. The standard InChI is InChI=1S/C11H22N2S2/c1-3-5-12(6-4-2)7-8-13-9-10-15-11(13)14/h3-10H2,1-2H3. The molecule has 1 saturated heterocycles. The second kappa shape index (κ2) is 7.47. The predicted octanol–water partition coefficient (Wildman–Crippen LogP) is 2.44. The van der Waals surface area contributed by atoms with Gasteiger partial charge in [0.25, 0.3) is 0 Å². The van der Waals surface area contributed by atoms with E-state index in [0.717, 1.165) is 17.4 Å². The van der Waals surface area contributed by atoms with Gasteiger partial charge in [0.2, 0.25) is 0 Å². The van der Waals surface area contributed by atoms with Gasteiger partial charge in [0.15, 0.2) is 0 Å². The van der Waals surface area contributed by atoms with Crippen LogP contribution in [0.2, 0.25) is 0 Å². The third-order valence-electron chi connectivity index (χ3n) is 2.61. The monoisotopic (exact) mass is 246 g/mol. The SMILES string of the molecule is CCCN(CCC)CCN1CCSC1=S. The smallest absolute Gasteiger partial charge is 0.136 e. The molecule has 0 atom stereocenters. The third kappa shape index (κ3) is 4.70. The summed E-state index contributed by atoms with van der Waals surface area (Å²) in [6.07, 6.45) is 2.50. The van der Waals surface area contributed by atoms with Crippen molar-refractivity contribution < 1.29 is 0 Å². The van der Waals surface area contributed by atoms with Crippen molar-refractivity contribution in [2.75, 3.05) is 38.5 Å². The molecule has 4 heteroatoms. The number of hydrogen-bond acceptors (Lipinski definition) is 3. The van der Waals surface area contributed by atoms with Gasteiger partial charge in [-0.15, -0.1) is 0 Å². The molecule has 0 bridgehead atoms. The van der Waals surface area contributed by atoms with Crippen molar-refractivity contribution >= 4 is 28.3 Å². The van der Waals surface area contributed by atoms with E-state index in [1.165, 1.54) is 38.2 Å². The van der Waals surface area contributed by atoms with Crippen LogP contribution in [0.3, 0.4) is 0 Å². The molecule has 88 valence electrons. The van der Waals surface area contributed by atoms with Crippen LogP contribution >= 0.6 is 24.0 Å². The Balaban J connectivity index is 2.22. The van der Waals surface area contributed by atoms with Gasteiger partial charge in [0, 0.05) is 25.4 Å². The van der Waals surface area contributed by atoms with Crippen LogP contribution in [0.4, 0.5) is 0 Å². The van der Waals surface area contributed by atoms with Crippen LogP contribution in [0.1, 0.15) is 26.7 Å². The summed E-state index contributed by atoms with van der Waals surface area (Å²) in [7, 11) is 0. The summed E-state index contributed by atoms with van der Waals surface area (Å²) in [6.45, 7) is 10.4. The van der Waals surface area contributed by atoms with E-state index >= 15 is 0 Å². The molecular formula is C11H22N2S2. The fourth-order valence-corrected chi connectivity index (χ4v) is 3.14. The molecule has 15 heavy (non-hydrogen) atoms.